The van der Waals surface area contributed by atoms with Crippen LogP contribution in [0.15, 0.2) is 30.3 Å². The van der Waals surface area contributed by atoms with E-state index in [2.05, 4.69) is 39.9 Å². The molecule has 5 rings (SSSR count). The molecule has 3 aliphatic carbocycles. The highest BCUT2D eigenvalue weighted by Gasteiger charge is 2.68. The van der Waals surface area contributed by atoms with Gasteiger partial charge in [-0.1, -0.05) is 58.0 Å². The molecule has 3 saturated carbocycles. The van der Waals surface area contributed by atoms with Crippen LogP contribution >= 0.6 is 0 Å². The molecule has 1 aliphatic heterocycles. The maximum absolute atomic E-state index is 12.9. The van der Waals surface area contributed by atoms with Gasteiger partial charge in [-0.05, 0) is 61.3 Å². The summed E-state index contributed by atoms with van der Waals surface area (Å²) in [6.07, 6.45) is 3.70. The number of carbonyl (C=O) groups excluding carboxylic acids is 1. The highest BCUT2D eigenvalue weighted by molar-refractivity contribution is 6.47. The molecular formula is C24H37BN2O3. The standard InChI is InChI=1S/C24H37BN2O3/c1-15(2)11-21(27-22(28)18(26)12-16-9-7-6-8-10-16)25-29-20-14-17-13-19(23(17,3)4)24(20,5)30-25/h6-10,15,17-21H,11-14,26H2,1-5H3,(H,27,28)/t17-,18-,19-,20+,21-,24-/m0/s1. The van der Waals surface area contributed by atoms with Crippen molar-refractivity contribution in [2.24, 2.45) is 28.9 Å². The van der Waals surface area contributed by atoms with Gasteiger partial charge in [-0.15, -0.1) is 0 Å². The zero-order chi connectivity index (χ0) is 21.7. The number of nitrogens with two attached hydrogens (primary N) is 1. The van der Waals surface area contributed by atoms with E-state index in [-0.39, 0.29) is 23.6 Å². The van der Waals surface area contributed by atoms with Crippen molar-refractivity contribution in [3.05, 3.63) is 35.9 Å². The Morgan fingerprint density at radius 3 is 2.57 bits per heavy atom. The molecule has 1 aromatic carbocycles. The number of amides is 1. The molecule has 6 atom stereocenters. The first kappa shape index (κ1) is 21.9. The number of benzene rings is 1. The van der Waals surface area contributed by atoms with Gasteiger partial charge in [-0.25, -0.2) is 0 Å². The second-order valence-electron chi connectivity index (χ2n) is 10.9. The summed E-state index contributed by atoms with van der Waals surface area (Å²) in [5, 5.41) is 3.17. The van der Waals surface area contributed by atoms with Gasteiger partial charge >= 0.3 is 7.12 Å². The molecule has 0 aromatic heterocycles. The van der Waals surface area contributed by atoms with Crippen molar-refractivity contribution in [2.45, 2.75) is 84.0 Å². The van der Waals surface area contributed by atoms with Crippen molar-refractivity contribution in [3.8, 4) is 0 Å². The zero-order valence-corrected chi connectivity index (χ0v) is 19.1. The Morgan fingerprint density at radius 1 is 1.23 bits per heavy atom. The average molecular weight is 412 g/mol. The van der Waals surface area contributed by atoms with Crippen molar-refractivity contribution in [3.63, 3.8) is 0 Å². The highest BCUT2D eigenvalue weighted by Crippen LogP contribution is 2.65. The van der Waals surface area contributed by atoms with Crippen LogP contribution in [0.2, 0.25) is 0 Å². The molecule has 1 amide bonds. The Balaban J connectivity index is 1.44. The van der Waals surface area contributed by atoms with Gasteiger partial charge in [0.25, 0.3) is 0 Å². The van der Waals surface area contributed by atoms with E-state index < -0.39 is 13.2 Å². The van der Waals surface area contributed by atoms with Crippen molar-refractivity contribution >= 4 is 13.0 Å². The lowest BCUT2D eigenvalue weighted by Crippen LogP contribution is -2.65. The van der Waals surface area contributed by atoms with E-state index in [4.69, 9.17) is 15.0 Å². The van der Waals surface area contributed by atoms with Gasteiger partial charge in [0.05, 0.1) is 23.7 Å². The third-order valence-electron chi connectivity index (χ3n) is 7.99. The van der Waals surface area contributed by atoms with Gasteiger partial charge in [0.2, 0.25) is 5.91 Å². The Bertz CT molecular complexity index is 771. The summed E-state index contributed by atoms with van der Waals surface area (Å²) in [5.74, 6) is 1.30. The largest absolute Gasteiger partial charge is 0.481 e. The van der Waals surface area contributed by atoms with E-state index in [1.807, 2.05) is 30.3 Å². The molecule has 1 saturated heterocycles. The topological polar surface area (TPSA) is 73.6 Å². The number of carbonyl (C=O) groups is 1. The summed E-state index contributed by atoms with van der Waals surface area (Å²) in [5.41, 5.74) is 7.34. The van der Waals surface area contributed by atoms with E-state index in [1.165, 1.54) is 6.42 Å². The molecule has 0 unspecified atom stereocenters. The zero-order valence-electron chi connectivity index (χ0n) is 19.1. The quantitative estimate of drug-likeness (QED) is 0.674. The van der Waals surface area contributed by atoms with Crippen LogP contribution in [-0.2, 0) is 20.5 Å². The number of hydrogen-bond donors (Lipinski definition) is 2. The van der Waals surface area contributed by atoms with Crippen molar-refractivity contribution in [2.75, 3.05) is 0 Å². The molecule has 4 aliphatic rings. The predicted octanol–water partition coefficient (Wildman–Crippen LogP) is 3.35. The van der Waals surface area contributed by atoms with Gasteiger partial charge in [0.15, 0.2) is 0 Å². The van der Waals surface area contributed by atoms with Crippen LogP contribution in [0.3, 0.4) is 0 Å². The van der Waals surface area contributed by atoms with E-state index in [1.54, 1.807) is 0 Å². The smallest absolute Gasteiger partial charge is 0.404 e. The number of rotatable bonds is 7. The van der Waals surface area contributed by atoms with Crippen molar-refractivity contribution in [1.82, 2.24) is 5.32 Å². The minimum absolute atomic E-state index is 0.115. The Labute approximate surface area is 181 Å². The predicted molar refractivity (Wildman–Crippen MR) is 120 cm³/mol. The van der Waals surface area contributed by atoms with Gasteiger partial charge in [0.1, 0.15) is 0 Å². The molecule has 30 heavy (non-hydrogen) atoms. The normalized spacial score (nSPS) is 33.6. The lowest BCUT2D eigenvalue weighted by atomic mass is 9.43. The summed E-state index contributed by atoms with van der Waals surface area (Å²) in [6.45, 7) is 11.3. The first-order valence-corrected chi connectivity index (χ1v) is 11.5. The van der Waals surface area contributed by atoms with Gasteiger partial charge in [-0.2, -0.15) is 0 Å². The molecule has 2 bridgehead atoms. The minimum atomic E-state index is -0.590. The molecule has 164 valence electrons. The molecule has 0 radical (unpaired) electrons. The maximum atomic E-state index is 12.9. The van der Waals surface area contributed by atoms with Crippen LogP contribution in [0.5, 0.6) is 0 Å². The fourth-order valence-electron chi connectivity index (χ4n) is 6.07. The van der Waals surface area contributed by atoms with E-state index in [0.717, 1.165) is 18.4 Å². The Hall–Kier alpha value is -1.37. The molecule has 6 heteroatoms. The lowest BCUT2D eigenvalue weighted by molar-refractivity contribution is -0.199. The third kappa shape index (κ3) is 3.83. The number of hydrogen-bond acceptors (Lipinski definition) is 4. The molecular weight excluding hydrogens is 375 g/mol. The molecule has 1 heterocycles. The molecule has 0 spiro atoms. The Kier molecular flexibility index (Phi) is 5.80. The van der Waals surface area contributed by atoms with Crippen molar-refractivity contribution in [1.29, 1.82) is 0 Å². The van der Waals surface area contributed by atoms with Crippen LogP contribution in [-0.4, -0.2) is 36.7 Å². The van der Waals surface area contributed by atoms with E-state index >= 15 is 0 Å². The van der Waals surface area contributed by atoms with Crippen LogP contribution in [0.4, 0.5) is 0 Å². The van der Waals surface area contributed by atoms with E-state index in [0.29, 0.717) is 29.6 Å². The van der Waals surface area contributed by atoms with Gasteiger partial charge in [0, 0.05) is 0 Å². The van der Waals surface area contributed by atoms with Crippen molar-refractivity contribution < 1.29 is 14.1 Å². The molecule has 5 nitrogen and oxygen atoms in total. The Morgan fingerprint density at radius 2 is 1.93 bits per heavy atom. The first-order valence-electron chi connectivity index (χ1n) is 11.5. The summed E-state index contributed by atoms with van der Waals surface area (Å²) in [6, 6.07) is 9.32. The van der Waals surface area contributed by atoms with E-state index in [9.17, 15) is 4.79 Å². The van der Waals surface area contributed by atoms with Gasteiger partial charge < -0.3 is 20.4 Å². The summed E-state index contributed by atoms with van der Waals surface area (Å²) < 4.78 is 13.1. The third-order valence-corrected chi connectivity index (χ3v) is 7.99. The minimum Gasteiger partial charge on any atom is -0.404 e. The summed E-state index contributed by atoms with van der Waals surface area (Å²) in [4.78, 5) is 12.9. The second-order valence-corrected chi connectivity index (χ2v) is 10.9. The molecule has 3 N–H and O–H groups in total. The summed E-state index contributed by atoms with van der Waals surface area (Å²) in [7, 11) is -0.412. The molecule has 4 fully saturated rings. The summed E-state index contributed by atoms with van der Waals surface area (Å²) >= 11 is 0. The fourth-order valence-corrected chi connectivity index (χ4v) is 6.07. The maximum Gasteiger partial charge on any atom is 0.481 e. The number of nitrogens with one attached hydrogen (secondary N) is 1. The monoisotopic (exact) mass is 412 g/mol. The van der Waals surface area contributed by atoms with Crippen LogP contribution in [0, 0.1) is 23.2 Å². The average Bonchev–Trinajstić information content (AvgIpc) is 3.04. The van der Waals surface area contributed by atoms with Crippen LogP contribution in [0.1, 0.15) is 59.4 Å². The first-order chi connectivity index (χ1) is 14.1. The highest BCUT2D eigenvalue weighted by atomic mass is 16.7. The fraction of sp³-hybridized carbons (Fsp3) is 0.708. The molecule has 1 aromatic rings. The second kappa shape index (κ2) is 7.96. The van der Waals surface area contributed by atoms with Crippen LogP contribution in [0.25, 0.3) is 0 Å². The van der Waals surface area contributed by atoms with Crippen LogP contribution < -0.4 is 11.1 Å². The van der Waals surface area contributed by atoms with Gasteiger partial charge in [-0.3, -0.25) is 4.79 Å². The SMILES string of the molecule is CC(C)C[C@H](NC(=O)[C@@H](N)Cc1ccccc1)B1O[C@@H]2C[C@@H]3C[C@@H](C3(C)C)[C@]2(C)O1. The lowest BCUT2D eigenvalue weighted by Gasteiger charge is -2.64.